The lowest BCUT2D eigenvalue weighted by atomic mass is 10.0. The van der Waals surface area contributed by atoms with Crippen molar-refractivity contribution < 1.29 is 22.3 Å². The molecule has 5 nitrogen and oxygen atoms in total. The van der Waals surface area contributed by atoms with E-state index in [0.717, 1.165) is 13.2 Å². The first-order valence-electron chi connectivity index (χ1n) is 18.7. The average molecular weight is 621 g/mol. The van der Waals surface area contributed by atoms with Crippen molar-refractivity contribution in [3.05, 3.63) is 0 Å². The molecule has 0 aliphatic rings. The SMILES string of the molecule is CCCCCCCCCCCCCCCCCCOCCCCCCCCCCCCCCCCCC.O=S(=O)(O)O. The summed E-state index contributed by atoms with van der Waals surface area (Å²) in [5, 5.41) is 0. The molecule has 0 heterocycles. The van der Waals surface area contributed by atoms with Gasteiger partial charge in [0.15, 0.2) is 0 Å². The summed E-state index contributed by atoms with van der Waals surface area (Å²) < 4.78 is 37.5. The fraction of sp³-hybridized carbons (Fsp3) is 1.00. The highest BCUT2D eigenvalue weighted by molar-refractivity contribution is 7.79. The molecular formula is C36H76O5S. The van der Waals surface area contributed by atoms with Crippen LogP contribution >= 0.6 is 0 Å². The minimum absolute atomic E-state index is 0.997. The van der Waals surface area contributed by atoms with Crippen molar-refractivity contribution in [2.24, 2.45) is 0 Å². The number of hydrogen-bond acceptors (Lipinski definition) is 3. The van der Waals surface area contributed by atoms with Gasteiger partial charge < -0.3 is 4.74 Å². The molecule has 0 aromatic heterocycles. The van der Waals surface area contributed by atoms with Crippen molar-refractivity contribution in [2.75, 3.05) is 13.2 Å². The van der Waals surface area contributed by atoms with Crippen LogP contribution in [0.25, 0.3) is 0 Å². The van der Waals surface area contributed by atoms with Gasteiger partial charge in [-0.1, -0.05) is 206 Å². The van der Waals surface area contributed by atoms with Crippen LogP contribution in [0.2, 0.25) is 0 Å². The van der Waals surface area contributed by atoms with E-state index in [2.05, 4.69) is 13.8 Å². The van der Waals surface area contributed by atoms with E-state index in [1.165, 1.54) is 205 Å². The van der Waals surface area contributed by atoms with Gasteiger partial charge in [-0.15, -0.1) is 0 Å². The molecule has 0 saturated carbocycles. The molecule has 0 spiro atoms. The predicted molar refractivity (Wildman–Crippen MR) is 184 cm³/mol. The van der Waals surface area contributed by atoms with E-state index in [0.29, 0.717) is 0 Å². The highest BCUT2D eigenvalue weighted by Gasteiger charge is 1.97. The van der Waals surface area contributed by atoms with Crippen LogP contribution in [0.1, 0.15) is 219 Å². The van der Waals surface area contributed by atoms with Gasteiger partial charge in [-0.2, -0.15) is 8.42 Å². The van der Waals surface area contributed by atoms with Crippen LogP contribution in [0.4, 0.5) is 0 Å². The first-order valence-corrected chi connectivity index (χ1v) is 20.1. The monoisotopic (exact) mass is 621 g/mol. The Morgan fingerprint density at radius 3 is 0.643 bits per heavy atom. The number of rotatable bonds is 34. The zero-order valence-electron chi connectivity index (χ0n) is 28.6. The maximum absolute atomic E-state index is 8.74. The van der Waals surface area contributed by atoms with Crippen LogP contribution in [0.3, 0.4) is 0 Å². The second-order valence-electron chi connectivity index (χ2n) is 12.7. The molecular weight excluding hydrogens is 544 g/mol. The van der Waals surface area contributed by atoms with Crippen LogP contribution in [-0.4, -0.2) is 30.7 Å². The maximum Gasteiger partial charge on any atom is 0.394 e. The Bertz CT molecular complexity index is 525. The molecule has 0 aromatic carbocycles. The Hall–Kier alpha value is -0.170. The van der Waals surface area contributed by atoms with Crippen LogP contribution in [-0.2, 0) is 15.1 Å². The average Bonchev–Trinajstić information content (AvgIpc) is 2.94. The van der Waals surface area contributed by atoms with Crippen molar-refractivity contribution in [3.63, 3.8) is 0 Å². The summed E-state index contributed by atoms with van der Waals surface area (Å²) in [6.45, 7) is 6.60. The topological polar surface area (TPSA) is 83.8 Å². The third kappa shape index (κ3) is 52.5. The Kier molecular flexibility index (Phi) is 40.7. The molecule has 0 unspecified atom stereocenters. The third-order valence-corrected chi connectivity index (χ3v) is 8.28. The molecule has 2 N–H and O–H groups in total. The zero-order chi connectivity index (χ0) is 31.2. The summed E-state index contributed by atoms with van der Waals surface area (Å²) in [4.78, 5) is 0. The van der Waals surface area contributed by atoms with Gasteiger partial charge in [0.25, 0.3) is 0 Å². The van der Waals surface area contributed by atoms with Crippen LogP contribution < -0.4 is 0 Å². The largest absolute Gasteiger partial charge is 0.394 e. The lowest BCUT2D eigenvalue weighted by Crippen LogP contribution is -1.97. The van der Waals surface area contributed by atoms with Crippen LogP contribution in [0.15, 0.2) is 0 Å². The highest BCUT2D eigenvalue weighted by Crippen LogP contribution is 2.15. The Balaban J connectivity index is 0. The zero-order valence-corrected chi connectivity index (χ0v) is 29.4. The number of hydrogen-bond donors (Lipinski definition) is 2. The van der Waals surface area contributed by atoms with Gasteiger partial charge in [-0.25, -0.2) is 0 Å². The van der Waals surface area contributed by atoms with E-state index in [4.69, 9.17) is 22.3 Å². The quantitative estimate of drug-likeness (QED) is 0.0552. The smallest absolute Gasteiger partial charge is 0.381 e. The first kappa shape index (κ1) is 44.0. The standard InChI is InChI=1S/C36H74O.H2O4S/c1-3-5-7-9-11-13-15-17-19-21-23-25-27-29-31-33-35-37-36-34-32-30-28-26-24-22-20-18-16-14-12-10-8-6-4-2;1-5(2,3)4/h3-36H2,1-2H3;(H2,1,2,3,4). The summed E-state index contributed by atoms with van der Waals surface area (Å²) in [6, 6.07) is 0. The van der Waals surface area contributed by atoms with E-state index < -0.39 is 10.4 Å². The minimum atomic E-state index is -4.67. The first-order chi connectivity index (χ1) is 20.4. The Morgan fingerprint density at radius 1 is 0.333 bits per heavy atom. The third-order valence-electron chi connectivity index (χ3n) is 8.28. The Morgan fingerprint density at radius 2 is 0.476 bits per heavy atom. The molecule has 0 aliphatic heterocycles. The molecule has 0 rings (SSSR count). The molecule has 0 aliphatic carbocycles. The Labute approximate surface area is 264 Å². The van der Waals surface area contributed by atoms with Gasteiger partial charge in [0.05, 0.1) is 0 Å². The van der Waals surface area contributed by atoms with Gasteiger partial charge in [0.1, 0.15) is 0 Å². The maximum atomic E-state index is 8.74. The van der Waals surface area contributed by atoms with Gasteiger partial charge in [-0.05, 0) is 12.8 Å². The molecule has 0 amide bonds. The molecule has 0 radical (unpaired) electrons. The summed E-state index contributed by atoms with van der Waals surface area (Å²) in [6.07, 6.45) is 46.0. The number of unbranched alkanes of at least 4 members (excludes halogenated alkanes) is 30. The lowest BCUT2D eigenvalue weighted by Gasteiger charge is -2.06. The predicted octanol–water partition coefficient (Wildman–Crippen LogP) is 12.9. The van der Waals surface area contributed by atoms with Crippen LogP contribution in [0, 0.1) is 0 Å². The fourth-order valence-electron chi connectivity index (χ4n) is 5.61. The molecule has 42 heavy (non-hydrogen) atoms. The lowest BCUT2D eigenvalue weighted by molar-refractivity contribution is 0.125. The molecule has 0 atom stereocenters. The van der Waals surface area contributed by atoms with Crippen molar-refractivity contribution in [1.29, 1.82) is 0 Å². The normalized spacial score (nSPS) is 11.5. The summed E-state index contributed by atoms with van der Waals surface area (Å²) in [5.74, 6) is 0. The van der Waals surface area contributed by atoms with Crippen molar-refractivity contribution in [1.82, 2.24) is 0 Å². The highest BCUT2D eigenvalue weighted by atomic mass is 32.3. The second kappa shape index (κ2) is 38.9. The summed E-state index contributed by atoms with van der Waals surface area (Å²) in [7, 11) is -4.67. The molecule has 0 aromatic rings. The molecule has 0 bridgehead atoms. The van der Waals surface area contributed by atoms with Crippen molar-refractivity contribution >= 4 is 10.4 Å². The van der Waals surface area contributed by atoms with Crippen molar-refractivity contribution in [3.8, 4) is 0 Å². The second-order valence-corrected chi connectivity index (χ2v) is 13.6. The van der Waals surface area contributed by atoms with E-state index in [1.807, 2.05) is 0 Å². The molecule has 256 valence electrons. The van der Waals surface area contributed by atoms with Gasteiger partial charge in [-0.3, -0.25) is 9.11 Å². The molecule has 6 heteroatoms. The van der Waals surface area contributed by atoms with Gasteiger partial charge >= 0.3 is 10.4 Å². The fourth-order valence-corrected chi connectivity index (χ4v) is 5.61. The van der Waals surface area contributed by atoms with Crippen molar-refractivity contribution in [2.45, 2.75) is 219 Å². The van der Waals surface area contributed by atoms with Gasteiger partial charge in [0.2, 0.25) is 0 Å². The van der Waals surface area contributed by atoms with E-state index in [9.17, 15) is 0 Å². The minimum Gasteiger partial charge on any atom is -0.381 e. The van der Waals surface area contributed by atoms with E-state index in [1.54, 1.807) is 0 Å². The van der Waals surface area contributed by atoms with Gasteiger partial charge in [0, 0.05) is 13.2 Å². The summed E-state index contributed by atoms with van der Waals surface area (Å²) >= 11 is 0. The molecule has 0 saturated heterocycles. The summed E-state index contributed by atoms with van der Waals surface area (Å²) in [5.41, 5.74) is 0. The van der Waals surface area contributed by atoms with Crippen LogP contribution in [0.5, 0.6) is 0 Å². The van der Waals surface area contributed by atoms with E-state index >= 15 is 0 Å². The van der Waals surface area contributed by atoms with E-state index in [-0.39, 0.29) is 0 Å². The number of ether oxygens (including phenoxy) is 1. The molecule has 0 fully saturated rings.